The number of hydrogen-bond donors (Lipinski definition) is 0. The summed E-state index contributed by atoms with van der Waals surface area (Å²) in [5, 5.41) is 0. The lowest BCUT2D eigenvalue weighted by molar-refractivity contribution is 0.434. The van der Waals surface area contributed by atoms with Gasteiger partial charge in [-0.1, -0.05) is 119 Å². The molecule has 1 aliphatic heterocycles. The van der Waals surface area contributed by atoms with Crippen molar-refractivity contribution in [1.82, 2.24) is 0 Å². The molecule has 0 N–H and O–H groups in total. The van der Waals surface area contributed by atoms with E-state index in [1.807, 2.05) is 12.1 Å². The van der Waals surface area contributed by atoms with Crippen LogP contribution in [-0.4, -0.2) is 0 Å². The minimum atomic E-state index is -0.496. The van der Waals surface area contributed by atoms with Crippen LogP contribution in [0.25, 0.3) is 11.1 Å². The highest BCUT2D eigenvalue weighted by atomic mass is 79.9. The molecule has 2 heteroatoms. The molecule has 0 aromatic heterocycles. The second kappa shape index (κ2) is 8.06. The van der Waals surface area contributed by atoms with Crippen LogP contribution in [0, 0.1) is 0 Å². The first kappa shape index (κ1) is 20.0. The predicted molar refractivity (Wildman–Crippen MR) is 138 cm³/mol. The maximum absolute atomic E-state index is 6.40. The third-order valence-electron chi connectivity index (χ3n) is 6.49. The third-order valence-corrected chi connectivity index (χ3v) is 6.98. The van der Waals surface area contributed by atoms with Gasteiger partial charge in [0.05, 0.1) is 5.41 Å². The Kier molecular flexibility index (Phi) is 4.89. The summed E-state index contributed by atoms with van der Waals surface area (Å²) in [6.07, 6.45) is 0. The zero-order chi connectivity index (χ0) is 22.3. The summed E-state index contributed by atoms with van der Waals surface area (Å²) in [4.78, 5) is 0. The molecule has 1 heterocycles. The van der Waals surface area contributed by atoms with Crippen molar-refractivity contribution < 1.29 is 4.74 Å². The molecule has 5 aromatic rings. The van der Waals surface area contributed by atoms with Crippen molar-refractivity contribution >= 4 is 15.9 Å². The smallest absolute Gasteiger partial charge is 0.132 e. The first-order valence-electron chi connectivity index (χ1n) is 11.1. The number of ether oxygens (including phenoxy) is 1. The van der Waals surface area contributed by atoms with E-state index >= 15 is 0 Å². The maximum Gasteiger partial charge on any atom is 0.132 e. The zero-order valence-corrected chi connectivity index (χ0v) is 19.5. The normalized spacial score (nSPS) is 16.4. The third kappa shape index (κ3) is 3.21. The highest BCUT2D eigenvalue weighted by molar-refractivity contribution is 9.10. The van der Waals surface area contributed by atoms with Crippen molar-refractivity contribution in [2.24, 2.45) is 0 Å². The minimum Gasteiger partial charge on any atom is -0.457 e. The van der Waals surface area contributed by atoms with Crippen LogP contribution >= 0.6 is 15.9 Å². The van der Waals surface area contributed by atoms with Crippen molar-refractivity contribution in [1.29, 1.82) is 0 Å². The Bertz CT molecular complexity index is 1430. The molecule has 1 aliphatic rings. The number of para-hydroxylation sites is 1. The van der Waals surface area contributed by atoms with Crippen molar-refractivity contribution in [3.8, 4) is 22.6 Å². The van der Waals surface area contributed by atoms with Gasteiger partial charge in [0.25, 0.3) is 0 Å². The van der Waals surface area contributed by atoms with Crippen molar-refractivity contribution in [2.45, 2.75) is 5.41 Å². The lowest BCUT2D eigenvalue weighted by atomic mass is 9.63. The van der Waals surface area contributed by atoms with E-state index in [9.17, 15) is 0 Å². The first-order chi connectivity index (χ1) is 16.3. The zero-order valence-electron chi connectivity index (χ0n) is 17.9. The Labute approximate surface area is 202 Å². The molecule has 1 atom stereocenters. The van der Waals surface area contributed by atoms with E-state index in [0.29, 0.717) is 0 Å². The quantitative estimate of drug-likeness (QED) is 0.242. The molecule has 33 heavy (non-hydrogen) atoms. The monoisotopic (exact) mass is 488 g/mol. The van der Waals surface area contributed by atoms with E-state index in [-0.39, 0.29) is 0 Å². The predicted octanol–water partition coefficient (Wildman–Crippen LogP) is 8.60. The first-order valence-corrected chi connectivity index (χ1v) is 11.8. The molecule has 0 saturated carbocycles. The van der Waals surface area contributed by atoms with Crippen molar-refractivity contribution in [3.63, 3.8) is 0 Å². The van der Waals surface area contributed by atoms with Crippen molar-refractivity contribution in [3.05, 3.63) is 154 Å². The van der Waals surface area contributed by atoms with Gasteiger partial charge in [-0.05, 0) is 46.5 Å². The Hall–Kier alpha value is -3.62. The van der Waals surface area contributed by atoms with Crippen LogP contribution in [0.5, 0.6) is 11.5 Å². The van der Waals surface area contributed by atoms with E-state index < -0.39 is 5.41 Å². The van der Waals surface area contributed by atoms with E-state index in [1.165, 1.54) is 22.3 Å². The fourth-order valence-electron chi connectivity index (χ4n) is 5.03. The average Bonchev–Trinajstić information content (AvgIpc) is 2.89. The molecule has 158 valence electrons. The highest BCUT2D eigenvalue weighted by Crippen LogP contribution is 2.55. The summed E-state index contributed by atoms with van der Waals surface area (Å²) >= 11 is 3.71. The molecule has 0 saturated heterocycles. The van der Waals surface area contributed by atoms with E-state index in [4.69, 9.17) is 4.74 Å². The average molecular weight is 489 g/mol. The van der Waals surface area contributed by atoms with Gasteiger partial charge in [-0.2, -0.15) is 0 Å². The molecule has 0 spiro atoms. The summed E-state index contributed by atoms with van der Waals surface area (Å²) < 4.78 is 7.44. The van der Waals surface area contributed by atoms with Crippen LogP contribution in [0.3, 0.4) is 0 Å². The molecule has 0 aliphatic carbocycles. The van der Waals surface area contributed by atoms with Gasteiger partial charge >= 0.3 is 0 Å². The fraction of sp³-hybridized carbons (Fsp3) is 0.0323. The summed E-state index contributed by atoms with van der Waals surface area (Å²) in [6, 6.07) is 44.9. The van der Waals surface area contributed by atoms with Gasteiger partial charge in [-0.3, -0.25) is 0 Å². The summed E-state index contributed by atoms with van der Waals surface area (Å²) in [6.45, 7) is 0. The van der Waals surface area contributed by atoms with Gasteiger partial charge in [0.15, 0.2) is 0 Å². The Morgan fingerprint density at radius 2 is 1.06 bits per heavy atom. The summed E-state index contributed by atoms with van der Waals surface area (Å²) in [7, 11) is 0. The Morgan fingerprint density at radius 3 is 1.82 bits per heavy atom. The SMILES string of the molecule is Brc1ccc2c(c1)C(c1ccccc1)(c1ccc(-c3ccccc3)cc1)c1ccccc1O2. The van der Waals surface area contributed by atoms with Gasteiger partial charge in [-0.15, -0.1) is 0 Å². The molecule has 0 bridgehead atoms. The van der Waals surface area contributed by atoms with E-state index in [0.717, 1.165) is 27.1 Å². The molecule has 1 nitrogen and oxygen atoms in total. The Morgan fingerprint density at radius 1 is 0.485 bits per heavy atom. The second-order valence-corrected chi connectivity index (χ2v) is 9.21. The minimum absolute atomic E-state index is 0.496. The van der Waals surface area contributed by atoms with Gasteiger partial charge in [-0.25, -0.2) is 0 Å². The van der Waals surface area contributed by atoms with Gasteiger partial charge in [0, 0.05) is 15.6 Å². The lowest BCUT2D eigenvalue weighted by Crippen LogP contribution is -2.34. The number of fused-ring (bicyclic) bond motifs is 2. The standard InChI is InChI=1S/C31H21BrO/c32-26-19-20-30-28(21-26)31(24-11-5-2-6-12-24,27-13-7-8-14-29(27)33-30)25-17-15-23(16-18-25)22-9-3-1-4-10-22/h1-21H. The number of rotatable bonds is 3. The molecule has 6 rings (SSSR count). The fourth-order valence-corrected chi connectivity index (χ4v) is 5.39. The summed E-state index contributed by atoms with van der Waals surface area (Å²) in [5.41, 5.74) is 6.63. The number of halogens is 1. The molecular weight excluding hydrogens is 468 g/mol. The summed E-state index contributed by atoms with van der Waals surface area (Å²) in [5.74, 6) is 1.77. The molecule has 0 radical (unpaired) electrons. The second-order valence-electron chi connectivity index (χ2n) is 8.30. The largest absolute Gasteiger partial charge is 0.457 e. The van der Waals surface area contributed by atoms with Crippen LogP contribution in [0.15, 0.2) is 132 Å². The van der Waals surface area contributed by atoms with Gasteiger partial charge in [0.1, 0.15) is 11.5 Å². The molecule has 5 aromatic carbocycles. The van der Waals surface area contributed by atoms with Crippen LogP contribution < -0.4 is 4.74 Å². The Balaban J connectivity index is 1.67. The molecule has 0 amide bonds. The van der Waals surface area contributed by atoms with Gasteiger partial charge < -0.3 is 4.74 Å². The number of benzene rings is 5. The van der Waals surface area contributed by atoms with E-state index in [2.05, 4.69) is 131 Å². The highest BCUT2D eigenvalue weighted by Gasteiger charge is 2.45. The topological polar surface area (TPSA) is 9.23 Å². The van der Waals surface area contributed by atoms with Crippen LogP contribution in [0.1, 0.15) is 22.3 Å². The van der Waals surface area contributed by atoms with Crippen LogP contribution in [-0.2, 0) is 5.41 Å². The molecular formula is C31H21BrO. The van der Waals surface area contributed by atoms with E-state index in [1.54, 1.807) is 0 Å². The maximum atomic E-state index is 6.40. The van der Waals surface area contributed by atoms with Gasteiger partial charge in [0.2, 0.25) is 0 Å². The van der Waals surface area contributed by atoms with Crippen LogP contribution in [0.2, 0.25) is 0 Å². The van der Waals surface area contributed by atoms with Crippen molar-refractivity contribution in [2.75, 3.05) is 0 Å². The van der Waals surface area contributed by atoms with Crippen LogP contribution in [0.4, 0.5) is 0 Å². The molecule has 0 fully saturated rings. The number of hydrogen-bond acceptors (Lipinski definition) is 1. The molecule has 1 unspecified atom stereocenters. The lowest BCUT2D eigenvalue weighted by Gasteiger charge is -2.41.